The summed E-state index contributed by atoms with van der Waals surface area (Å²) in [6, 6.07) is 8.87. The fraction of sp³-hybridized carbons (Fsp3) is 0.0769. The minimum Gasteiger partial charge on any atom is -0.497 e. The molecule has 0 fully saturated rings. The highest BCUT2D eigenvalue weighted by molar-refractivity contribution is 7.99. The van der Waals surface area contributed by atoms with Gasteiger partial charge in [0.15, 0.2) is 0 Å². The lowest BCUT2D eigenvalue weighted by Gasteiger charge is -2.06. The van der Waals surface area contributed by atoms with Gasteiger partial charge in [0.05, 0.1) is 18.4 Å². The number of nitrogens with zero attached hydrogens (tertiary/aromatic N) is 1. The lowest BCUT2D eigenvalue weighted by Crippen LogP contribution is -2.00. The minimum absolute atomic E-state index is 0.0764. The standard InChI is InChI=1S/C13H12N2O3S/c1-18-9-3-2-4-10(6-9)19-12-11(14)5-8(7-15-12)13(16)17/h2-7H,14H2,1H3,(H,16,17). The van der Waals surface area contributed by atoms with Gasteiger partial charge < -0.3 is 15.6 Å². The summed E-state index contributed by atoms with van der Waals surface area (Å²) in [5.74, 6) is -0.303. The molecule has 0 saturated carbocycles. The van der Waals surface area contributed by atoms with E-state index in [2.05, 4.69) is 4.98 Å². The average molecular weight is 276 g/mol. The summed E-state index contributed by atoms with van der Waals surface area (Å²) < 4.78 is 5.13. The number of methoxy groups -OCH3 is 1. The molecule has 1 aromatic carbocycles. The Morgan fingerprint density at radius 3 is 2.84 bits per heavy atom. The van der Waals surface area contributed by atoms with Crippen LogP contribution in [0.1, 0.15) is 10.4 Å². The predicted molar refractivity (Wildman–Crippen MR) is 72.7 cm³/mol. The molecule has 98 valence electrons. The number of nitrogens with two attached hydrogens (primary N) is 1. The van der Waals surface area contributed by atoms with Crippen LogP contribution in [0.15, 0.2) is 46.5 Å². The van der Waals surface area contributed by atoms with Crippen LogP contribution in [0.4, 0.5) is 5.69 Å². The maximum Gasteiger partial charge on any atom is 0.337 e. The monoisotopic (exact) mass is 276 g/mol. The Hall–Kier alpha value is -2.21. The molecule has 2 rings (SSSR count). The van der Waals surface area contributed by atoms with Crippen molar-refractivity contribution in [2.45, 2.75) is 9.92 Å². The van der Waals surface area contributed by atoms with Crippen molar-refractivity contribution in [2.75, 3.05) is 12.8 Å². The number of carboxylic acid groups (broad SMARTS) is 1. The van der Waals surface area contributed by atoms with Crippen molar-refractivity contribution in [3.05, 3.63) is 42.1 Å². The summed E-state index contributed by atoms with van der Waals surface area (Å²) in [6.07, 6.45) is 1.29. The molecule has 6 heteroatoms. The zero-order valence-corrected chi connectivity index (χ0v) is 11.0. The van der Waals surface area contributed by atoms with Gasteiger partial charge in [-0.3, -0.25) is 0 Å². The van der Waals surface area contributed by atoms with Crippen LogP contribution in [0, 0.1) is 0 Å². The number of rotatable bonds is 4. The fourth-order valence-electron chi connectivity index (χ4n) is 1.45. The van der Waals surface area contributed by atoms with Crippen molar-refractivity contribution in [1.82, 2.24) is 4.98 Å². The van der Waals surface area contributed by atoms with Crippen molar-refractivity contribution < 1.29 is 14.6 Å². The number of anilines is 1. The van der Waals surface area contributed by atoms with Crippen molar-refractivity contribution in [3.63, 3.8) is 0 Å². The number of carbonyl (C=O) groups is 1. The Morgan fingerprint density at radius 2 is 2.21 bits per heavy atom. The summed E-state index contributed by atoms with van der Waals surface area (Å²) in [5, 5.41) is 9.41. The first kappa shape index (κ1) is 13.2. The third-order valence-corrected chi connectivity index (χ3v) is 3.41. The van der Waals surface area contributed by atoms with Gasteiger partial charge in [-0.2, -0.15) is 0 Å². The van der Waals surface area contributed by atoms with E-state index in [9.17, 15) is 4.79 Å². The van der Waals surface area contributed by atoms with Crippen LogP contribution >= 0.6 is 11.8 Å². The molecule has 3 N–H and O–H groups in total. The summed E-state index contributed by atoms with van der Waals surface area (Å²) in [4.78, 5) is 15.8. The van der Waals surface area contributed by atoms with E-state index in [0.717, 1.165) is 10.6 Å². The lowest BCUT2D eigenvalue weighted by atomic mass is 10.3. The van der Waals surface area contributed by atoms with E-state index in [1.807, 2.05) is 24.3 Å². The zero-order valence-electron chi connectivity index (χ0n) is 10.2. The largest absolute Gasteiger partial charge is 0.497 e. The molecule has 0 aliphatic rings. The van der Waals surface area contributed by atoms with E-state index in [4.69, 9.17) is 15.6 Å². The number of pyridine rings is 1. The van der Waals surface area contributed by atoms with Crippen LogP contribution in [-0.2, 0) is 0 Å². The Labute approximate surface area is 114 Å². The molecular weight excluding hydrogens is 264 g/mol. The molecule has 1 aromatic heterocycles. The second-order valence-corrected chi connectivity index (χ2v) is 4.77. The first-order chi connectivity index (χ1) is 9.10. The smallest absolute Gasteiger partial charge is 0.337 e. The SMILES string of the molecule is COc1cccc(Sc2ncc(C(=O)O)cc2N)c1. The molecule has 5 nitrogen and oxygen atoms in total. The van der Waals surface area contributed by atoms with Gasteiger partial charge >= 0.3 is 5.97 Å². The number of hydrogen-bond donors (Lipinski definition) is 2. The number of carboxylic acids is 1. The number of aromatic nitrogens is 1. The van der Waals surface area contributed by atoms with Crippen LogP contribution in [0.25, 0.3) is 0 Å². The Morgan fingerprint density at radius 1 is 1.42 bits per heavy atom. The topological polar surface area (TPSA) is 85.4 Å². The number of benzene rings is 1. The fourth-order valence-corrected chi connectivity index (χ4v) is 2.27. The molecule has 2 aromatic rings. The zero-order chi connectivity index (χ0) is 13.8. The van der Waals surface area contributed by atoms with Gasteiger partial charge in [-0.05, 0) is 24.3 Å². The molecule has 0 bridgehead atoms. The predicted octanol–water partition coefficient (Wildman–Crippen LogP) is 2.52. The quantitative estimate of drug-likeness (QED) is 0.892. The lowest BCUT2D eigenvalue weighted by molar-refractivity contribution is 0.0696. The van der Waals surface area contributed by atoms with Gasteiger partial charge in [-0.25, -0.2) is 9.78 Å². The summed E-state index contributed by atoms with van der Waals surface area (Å²) in [5.41, 5.74) is 6.22. The normalized spacial score (nSPS) is 10.2. The maximum absolute atomic E-state index is 10.8. The van der Waals surface area contributed by atoms with Gasteiger partial charge in [0.25, 0.3) is 0 Å². The number of ether oxygens (including phenoxy) is 1. The van der Waals surface area contributed by atoms with Crippen LogP contribution < -0.4 is 10.5 Å². The highest BCUT2D eigenvalue weighted by atomic mass is 32.2. The van der Waals surface area contributed by atoms with Crippen LogP contribution in [0.5, 0.6) is 5.75 Å². The summed E-state index contributed by atoms with van der Waals surface area (Å²) >= 11 is 1.36. The Balaban J connectivity index is 2.25. The van der Waals surface area contributed by atoms with Crippen molar-refractivity contribution in [3.8, 4) is 5.75 Å². The second-order valence-electron chi connectivity index (χ2n) is 3.70. The van der Waals surface area contributed by atoms with E-state index < -0.39 is 5.97 Å². The highest BCUT2D eigenvalue weighted by Crippen LogP contribution is 2.32. The molecule has 0 aliphatic heterocycles. The molecule has 0 atom stereocenters. The first-order valence-electron chi connectivity index (χ1n) is 5.41. The van der Waals surface area contributed by atoms with E-state index in [0.29, 0.717) is 10.7 Å². The molecule has 0 saturated heterocycles. The summed E-state index contributed by atoms with van der Waals surface area (Å²) in [6.45, 7) is 0. The number of aromatic carboxylic acids is 1. The highest BCUT2D eigenvalue weighted by Gasteiger charge is 2.09. The molecule has 0 unspecified atom stereocenters. The average Bonchev–Trinajstić information content (AvgIpc) is 2.41. The number of nitrogen functional groups attached to an aromatic ring is 1. The molecule has 0 spiro atoms. The minimum atomic E-state index is -1.04. The summed E-state index contributed by atoms with van der Waals surface area (Å²) in [7, 11) is 1.60. The van der Waals surface area contributed by atoms with Crippen LogP contribution in [-0.4, -0.2) is 23.2 Å². The van der Waals surface area contributed by atoms with E-state index in [-0.39, 0.29) is 5.56 Å². The molecule has 1 heterocycles. The Kier molecular flexibility index (Phi) is 3.91. The second kappa shape index (κ2) is 5.62. The van der Waals surface area contributed by atoms with E-state index >= 15 is 0 Å². The first-order valence-corrected chi connectivity index (χ1v) is 6.22. The van der Waals surface area contributed by atoms with Crippen molar-refractivity contribution in [2.24, 2.45) is 0 Å². The number of hydrogen-bond acceptors (Lipinski definition) is 5. The van der Waals surface area contributed by atoms with Gasteiger partial charge in [-0.15, -0.1) is 0 Å². The molecule has 19 heavy (non-hydrogen) atoms. The third-order valence-electron chi connectivity index (χ3n) is 2.38. The van der Waals surface area contributed by atoms with Gasteiger partial charge in [0, 0.05) is 11.1 Å². The van der Waals surface area contributed by atoms with Crippen molar-refractivity contribution >= 4 is 23.4 Å². The van der Waals surface area contributed by atoms with Crippen molar-refractivity contribution in [1.29, 1.82) is 0 Å². The van der Waals surface area contributed by atoms with Crippen LogP contribution in [0.3, 0.4) is 0 Å². The van der Waals surface area contributed by atoms with Gasteiger partial charge in [-0.1, -0.05) is 17.8 Å². The van der Waals surface area contributed by atoms with E-state index in [1.54, 1.807) is 7.11 Å². The molecule has 0 radical (unpaired) electrons. The van der Waals surface area contributed by atoms with Crippen LogP contribution in [0.2, 0.25) is 0 Å². The van der Waals surface area contributed by atoms with Gasteiger partial charge in [0.1, 0.15) is 10.8 Å². The molecular formula is C13H12N2O3S. The maximum atomic E-state index is 10.8. The van der Waals surface area contributed by atoms with Gasteiger partial charge in [0.2, 0.25) is 0 Å². The molecule has 0 amide bonds. The third kappa shape index (κ3) is 3.17. The van der Waals surface area contributed by atoms with E-state index in [1.165, 1.54) is 24.0 Å². The molecule has 0 aliphatic carbocycles. The Bertz CT molecular complexity index is 617.